The Kier molecular flexibility index (Phi) is 5.57. The maximum Gasteiger partial charge on any atom is 0.181 e. The summed E-state index contributed by atoms with van der Waals surface area (Å²) in [6, 6.07) is 15.3. The monoisotopic (exact) mass is 332 g/mol. The van der Waals surface area contributed by atoms with Crippen LogP contribution in [0.15, 0.2) is 48.5 Å². The number of Topliss-reactive ketones (excluding diaryl/α,β-unsaturated/α-hetero) is 1. The van der Waals surface area contributed by atoms with Crippen LogP contribution in [-0.4, -0.2) is 12.8 Å². The van der Waals surface area contributed by atoms with Gasteiger partial charge in [-0.1, -0.05) is 35.3 Å². The predicted molar refractivity (Wildman–Crippen MR) is 88.1 cm³/mol. The van der Waals surface area contributed by atoms with Gasteiger partial charge in [-0.25, -0.2) is 0 Å². The molecule has 0 heterocycles. The van der Waals surface area contributed by atoms with Crippen LogP contribution in [0.4, 0.5) is 0 Å². The molecule has 1 N–H and O–H groups in total. The third kappa shape index (κ3) is 3.66. The van der Waals surface area contributed by atoms with Crippen LogP contribution in [0.5, 0.6) is 0 Å². The normalized spacial score (nSPS) is 13.2. The molecule has 2 rings (SSSR count). The average molecular weight is 333 g/mol. The lowest BCUT2D eigenvalue weighted by Gasteiger charge is -2.21. The van der Waals surface area contributed by atoms with Gasteiger partial charge in [0.1, 0.15) is 5.92 Å². The fourth-order valence-electron chi connectivity index (χ4n) is 2.27. The SMILES string of the molecule is CNC(c1ccc(Cl)cc1)C(C#N)C(=O)c1ccc(Cl)cc1. The Labute approximate surface area is 139 Å². The van der Waals surface area contributed by atoms with Gasteiger partial charge in [-0.05, 0) is 49.0 Å². The Bertz CT molecular complexity index is 690. The summed E-state index contributed by atoms with van der Waals surface area (Å²) < 4.78 is 0. The van der Waals surface area contributed by atoms with Crippen molar-refractivity contribution in [3.63, 3.8) is 0 Å². The van der Waals surface area contributed by atoms with Crippen LogP contribution >= 0.6 is 23.2 Å². The molecule has 112 valence electrons. The fourth-order valence-corrected chi connectivity index (χ4v) is 2.53. The zero-order valence-electron chi connectivity index (χ0n) is 11.9. The van der Waals surface area contributed by atoms with Crippen LogP contribution in [0.1, 0.15) is 22.0 Å². The van der Waals surface area contributed by atoms with E-state index in [9.17, 15) is 10.1 Å². The maximum atomic E-state index is 12.6. The molecule has 0 aromatic heterocycles. The second-order valence-electron chi connectivity index (χ2n) is 4.80. The zero-order valence-corrected chi connectivity index (χ0v) is 13.4. The molecule has 2 aromatic rings. The molecule has 0 aliphatic carbocycles. The highest BCUT2D eigenvalue weighted by molar-refractivity contribution is 6.30. The summed E-state index contributed by atoms with van der Waals surface area (Å²) >= 11 is 11.7. The lowest BCUT2D eigenvalue weighted by molar-refractivity contribution is 0.0928. The molecule has 0 spiro atoms. The van der Waals surface area contributed by atoms with Crippen molar-refractivity contribution in [3.05, 3.63) is 69.7 Å². The third-order valence-electron chi connectivity index (χ3n) is 3.42. The molecule has 0 amide bonds. The molecule has 2 atom stereocenters. The molecule has 0 saturated carbocycles. The summed E-state index contributed by atoms with van der Waals surface area (Å²) in [6.45, 7) is 0. The van der Waals surface area contributed by atoms with Crippen molar-refractivity contribution in [2.45, 2.75) is 6.04 Å². The molecule has 0 aliphatic heterocycles. The minimum absolute atomic E-state index is 0.242. The average Bonchev–Trinajstić information content (AvgIpc) is 2.53. The summed E-state index contributed by atoms with van der Waals surface area (Å²) in [6.07, 6.45) is 0. The van der Waals surface area contributed by atoms with E-state index in [1.54, 1.807) is 43.4 Å². The number of halogens is 2. The van der Waals surface area contributed by atoms with Gasteiger partial charge in [0, 0.05) is 15.6 Å². The van der Waals surface area contributed by atoms with Crippen molar-refractivity contribution in [2.75, 3.05) is 7.05 Å². The van der Waals surface area contributed by atoms with Crippen molar-refractivity contribution >= 4 is 29.0 Å². The lowest BCUT2D eigenvalue weighted by atomic mass is 9.88. The van der Waals surface area contributed by atoms with Crippen LogP contribution in [-0.2, 0) is 0 Å². The summed E-state index contributed by atoms with van der Waals surface area (Å²) in [4.78, 5) is 12.6. The highest BCUT2D eigenvalue weighted by atomic mass is 35.5. The largest absolute Gasteiger partial charge is 0.312 e. The van der Waals surface area contributed by atoms with Gasteiger partial charge in [0.25, 0.3) is 0 Å². The van der Waals surface area contributed by atoms with Gasteiger partial charge in [0.05, 0.1) is 12.1 Å². The number of carbonyl (C=O) groups excluding carboxylic acids is 1. The minimum Gasteiger partial charge on any atom is -0.312 e. The number of hydrogen-bond acceptors (Lipinski definition) is 3. The number of hydrogen-bond donors (Lipinski definition) is 1. The third-order valence-corrected chi connectivity index (χ3v) is 3.93. The molecular formula is C17H14Cl2N2O. The fraction of sp³-hybridized carbons (Fsp3) is 0.176. The number of benzene rings is 2. The van der Waals surface area contributed by atoms with Crippen molar-refractivity contribution in [2.24, 2.45) is 5.92 Å². The van der Waals surface area contributed by atoms with E-state index in [1.165, 1.54) is 0 Å². The van der Waals surface area contributed by atoms with Crippen molar-refractivity contribution in [3.8, 4) is 6.07 Å². The molecule has 2 aromatic carbocycles. The van der Waals surface area contributed by atoms with E-state index in [2.05, 4.69) is 11.4 Å². The van der Waals surface area contributed by atoms with Gasteiger partial charge < -0.3 is 5.32 Å². The number of nitrogens with zero attached hydrogens (tertiary/aromatic N) is 1. The van der Waals surface area contributed by atoms with Crippen LogP contribution in [0.3, 0.4) is 0 Å². The van der Waals surface area contributed by atoms with Gasteiger partial charge in [-0.3, -0.25) is 4.79 Å². The summed E-state index contributed by atoms with van der Waals surface area (Å²) in [5, 5.41) is 13.7. The standard InChI is InChI=1S/C17H14Cl2N2O/c1-21-16(11-2-6-13(18)7-3-11)15(10-20)17(22)12-4-8-14(19)9-5-12/h2-9,15-16,21H,1H3. The van der Waals surface area contributed by atoms with E-state index in [-0.39, 0.29) is 5.78 Å². The van der Waals surface area contributed by atoms with Gasteiger partial charge >= 0.3 is 0 Å². The quantitative estimate of drug-likeness (QED) is 0.831. The Morgan fingerprint density at radius 2 is 1.55 bits per heavy atom. The highest BCUT2D eigenvalue weighted by Crippen LogP contribution is 2.26. The summed E-state index contributed by atoms with van der Waals surface area (Å²) in [5.74, 6) is -1.08. The minimum atomic E-state index is -0.840. The molecule has 3 nitrogen and oxygen atoms in total. The number of carbonyl (C=O) groups is 1. The van der Waals surface area contributed by atoms with E-state index >= 15 is 0 Å². The molecule has 0 saturated heterocycles. The first kappa shape index (κ1) is 16.5. The lowest BCUT2D eigenvalue weighted by Crippen LogP contribution is -2.30. The second-order valence-corrected chi connectivity index (χ2v) is 5.67. The zero-order chi connectivity index (χ0) is 16.1. The number of nitrogens with one attached hydrogen (secondary N) is 1. The second kappa shape index (κ2) is 7.42. The first-order valence-corrected chi connectivity index (χ1v) is 7.44. The molecule has 0 bridgehead atoms. The van der Waals surface area contributed by atoms with Crippen molar-refractivity contribution < 1.29 is 4.79 Å². The van der Waals surface area contributed by atoms with Crippen LogP contribution < -0.4 is 5.32 Å². The van der Waals surface area contributed by atoms with Crippen molar-refractivity contribution in [1.29, 1.82) is 5.26 Å². The Morgan fingerprint density at radius 1 is 1.05 bits per heavy atom. The summed E-state index contributed by atoms with van der Waals surface area (Å²) in [5.41, 5.74) is 1.30. The Balaban J connectivity index is 2.32. The van der Waals surface area contributed by atoms with E-state index in [1.807, 2.05) is 12.1 Å². The number of ketones is 1. The van der Waals surface area contributed by atoms with Crippen LogP contribution in [0, 0.1) is 17.2 Å². The highest BCUT2D eigenvalue weighted by Gasteiger charge is 2.29. The molecule has 0 fully saturated rings. The van der Waals surface area contributed by atoms with E-state index in [4.69, 9.17) is 23.2 Å². The van der Waals surface area contributed by atoms with Gasteiger partial charge in [0.2, 0.25) is 0 Å². The number of nitriles is 1. The summed E-state index contributed by atoms with van der Waals surface area (Å²) in [7, 11) is 1.72. The molecule has 5 heteroatoms. The van der Waals surface area contributed by atoms with E-state index in [0.29, 0.717) is 15.6 Å². The van der Waals surface area contributed by atoms with Gasteiger partial charge in [-0.2, -0.15) is 5.26 Å². The van der Waals surface area contributed by atoms with E-state index < -0.39 is 12.0 Å². The smallest absolute Gasteiger partial charge is 0.181 e. The maximum absolute atomic E-state index is 12.6. The molecule has 22 heavy (non-hydrogen) atoms. The van der Waals surface area contributed by atoms with Crippen LogP contribution in [0.2, 0.25) is 10.0 Å². The molecule has 0 aliphatic rings. The molecule has 0 radical (unpaired) electrons. The van der Waals surface area contributed by atoms with Crippen molar-refractivity contribution in [1.82, 2.24) is 5.32 Å². The van der Waals surface area contributed by atoms with Gasteiger partial charge in [-0.15, -0.1) is 0 Å². The predicted octanol–water partition coefficient (Wildman–Crippen LogP) is 4.28. The molecular weight excluding hydrogens is 319 g/mol. The van der Waals surface area contributed by atoms with E-state index in [0.717, 1.165) is 5.56 Å². The van der Waals surface area contributed by atoms with Gasteiger partial charge in [0.15, 0.2) is 5.78 Å². The number of rotatable bonds is 5. The Morgan fingerprint density at radius 3 is 2.00 bits per heavy atom. The first-order chi connectivity index (χ1) is 10.6. The Hall–Kier alpha value is -1.86. The topological polar surface area (TPSA) is 52.9 Å². The first-order valence-electron chi connectivity index (χ1n) is 6.69. The molecule has 2 unspecified atom stereocenters. The van der Waals surface area contributed by atoms with Crippen LogP contribution in [0.25, 0.3) is 0 Å².